The fraction of sp³-hybridized carbons (Fsp3) is 0.296. The third kappa shape index (κ3) is 5.49. The van der Waals surface area contributed by atoms with Crippen molar-refractivity contribution in [3.8, 4) is 0 Å². The Labute approximate surface area is 204 Å². The van der Waals surface area contributed by atoms with Crippen LogP contribution in [0.4, 0.5) is 10.2 Å². The molecular weight excluding hydrogens is 443 g/mol. The predicted octanol–water partition coefficient (Wildman–Crippen LogP) is 5.92. The van der Waals surface area contributed by atoms with Gasteiger partial charge in [-0.25, -0.2) is 14.4 Å². The van der Waals surface area contributed by atoms with Gasteiger partial charge in [0.2, 0.25) is 0 Å². The maximum Gasteiger partial charge on any atom is 0.180 e. The van der Waals surface area contributed by atoms with E-state index in [9.17, 15) is 4.39 Å². The van der Waals surface area contributed by atoms with Crippen LogP contribution in [0.25, 0.3) is 22.1 Å². The molecule has 7 nitrogen and oxygen atoms in total. The highest BCUT2D eigenvalue weighted by Gasteiger charge is 2.17. The number of allylic oxidation sites excluding steroid dienone is 3. The van der Waals surface area contributed by atoms with Gasteiger partial charge in [0, 0.05) is 61.4 Å². The van der Waals surface area contributed by atoms with Gasteiger partial charge in [0.25, 0.3) is 0 Å². The van der Waals surface area contributed by atoms with Gasteiger partial charge in [-0.2, -0.15) is 0 Å². The Morgan fingerprint density at radius 1 is 1.37 bits per heavy atom. The van der Waals surface area contributed by atoms with Gasteiger partial charge in [0.15, 0.2) is 11.5 Å². The average Bonchev–Trinajstić information content (AvgIpc) is 3.47. The van der Waals surface area contributed by atoms with Crippen molar-refractivity contribution in [2.45, 2.75) is 32.6 Å². The Balaban J connectivity index is 1.66. The number of para-hydroxylation sites is 1. The van der Waals surface area contributed by atoms with Crippen LogP contribution in [0.1, 0.15) is 43.1 Å². The van der Waals surface area contributed by atoms with Crippen molar-refractivity contribution >= 4 is 34.7 Å². The Kier molecular flexibility index (Phi) is 7.72. The summed E-state index contributed by atoms with van der Waals surface area (Å²) in [7, 11) is 1.70. The first kappa shape index (κ1) is 24.3. The summed E-state index contributed by atoms with van der Waals surface area (Å²) in [5.74, 6) is 0.407. The van der Waals surface area contributed by atoms with Crippen LogP contribution >= 0.6 is 0 Å². The van der Waals surface area contributed by atoms with Crippen LogP contribution in [0.15, 0.2) is 66.0 Å². The average molecular weight is 475 g/mol. The maximum absolute atomic E-state index is 14.1. The molecule has 4 rings (SSSR count). The van der Waals surface area contributed by atoms with Crippen LogP contribution in [0.5, 0.6) is 0 Å². The number of nitrogens with one attached hydrogen (secondary N) is 2. The molecule has 8 heteroatoms. The Morgan fingerprint density at radius 3 is 3.00 bits per heavy atom. The molecule has 2 N–H and O–H groups in total. The highest BCUT2D eigenvalue weighted by molar-refractivity contribution is 5.83. The SMILES string of the molecule is C=N/C=C(F)\C=C(/C)c1cn2c(C(C)CCOC)cnc2c(NCCc2c[nH]c3ccccc23)n1. The largest absolute Gasteiger partial charge is 0.385 e. The molecule has 3 aromatic heterocycles. The van der Waals surface area contributed by atoms with Crippen molar-refractivity contribution in [2.24, 2.45) is 4.99 Å². The number of methoxy groups -OCH3 is 1. The molecule has 0 aliphatic heterocycles. The van der Waals surface area contributed by atoms with Gasteiger partial charge in [0.1, 0.15) is 5.83 Å². The second-order valence-corrected chi connectivity index (χ2v) is 8.59. The van der Waals surface area contributed by atoms with Crippen LogP contribution in [0.3, 0.4) is 0 Å². The summed E-state index contributed by atoms with van der Waals surface area (Å²) < 4.78 is 21.4. The minimum atomic E-state index is -0.479. The molecule has 1 atom stereocenters. The third-order valence-electron chi connectivity index (χ3n) is 6.12. The molecule has 182 valence electrons. The van der Waals surface area contributed by atoms with Crippen LogP contribution in [-0.2, 0) is 11.2 Å². The highest BCUT2D eigenvalue weighted by Crippen LogP contribution is 2.26. The fourth-order valence-corrected chi connectivity index (χ4v) is 4.18. The number of hydrogen-bond acceptors (Lipinski definition) is 5. The number of aliphatic imine (C=N–C) groups is 1. The van der Waals surface area contributed by atoms with Gasteiger partial charge in [-0.1, -0.05) is 25.1 Å². The van der Waals surface area contributed by atoms with E-state index in [0.29, 0.717) is 30.2 Å². The minimum Gasteiger partial charge on any atom is -0.385 e. The van der Waals surface area contributed by atoms with Gasteiger partial charge in [-0.05, 0) is 49.8 Å². The third-order valence-corrected chi connectivity index (χ3v) is 6.12. The zero-order valence-corrected chi connectivity index (χ0v) is 20.4. The number of imidazole rings is 1. The molecule has 0 aliphatic carbocycles. The summed E-state index contributed by atoms with van der Waals surface area (Å²) in [5, 5.41) is 4.68. The summed E-state index contributed by atoms with van der Waals surface area (Å²) in [6.07, 6.45) is 10.0. The van der Waals surface area contributed by atoms with Gasteiger partial charge in [-0.3, -0.25) is 9.39 Å². The van der Waals surface area contributed by atoms with Crippen LogP contribution in [0.2, 0.25) is 0 Å². The van der Waals surface area contributed by atoms with Crippen molar-refractivity contribution in [3.05, 3.63) is 77.9 Å². The topological polar surface area (TPSA) is 79.6 Å². The number of hydrogen-bond donors (Lipinski definition) is 2. The van der Waals surface area contributed by atoms with Crippen molar-refractivity contribution < 1.29 is 9.13 Å². The number of halogens is 1. The zero-order valence-electron chi connectivity index (χ0n) is 20.4. The molecule has 0 fully saturated rings. The molecule has 3 heterocycles. The highest BCUT2D eigenvalue weighted by atomic mass is 19.1. The quantitative estimate of drug-likeness (QED) is 0.209. The molecular formula is C27H31FN6O. The van der Waals surface area contributed by atoms with E-state index < -0.39 is 5.83 Å². The number of nitrogens with zero attached hydrogens (tertiary/aromatic N) is 4. The number of benzene rings is 1. The minimum absolute atomic E-state index is 0.227. The number of ether oxygens (including phenoxy) is 1. The lowest BCUT2D eigenvalue weighted by molar-refractivity contribution is 0.189. The number of H-pyrrole nitrogens is 1. The van der Waals surface area contributed by atoms with Gasteiger partial charge in [-0.15, -0.1) is 0 Å². The van der Waals surface area contributed by atoms with E-state index in [1.54, 1.807) is 7.11 Å². The van der Waals surface area contributed by atoms with Gasteiger partial charge < -0.3 is 15.0 Å². The number of rotatable bonds is 11. The van der Waals surface area contributed by atoms with E-state index in [0.717, 1.165) is 35.9 Å². The van der Waals surface area contributed by atoms with Crippen LogP contribution in [-0.4, -0.2) is 46.3 Å². The second-order valence-electron chi connectivity index (χ2n) is 8.59. The smallest absolute Gasteiger partial charge is 0.180 e. The van der Waals surface area contributed by atoms with Crippen LogP contribution < -0.4 is 5.32 Å². The standard InChI is InChI=1S/C27H31FN6O/c1-18(10-12-35-4)25-16-32-27-26(30-11-9-20-14-31-23-8-6-5-7-22(20)23)33-24(17-34(25)27)19(2)13-21(28)15-29-3/h5-8,13-18,31H,3,9-12H2,1-2,4H3,(H,30,33)/b19-13+,21-15+. The van der Waals surface area contributed by atoms with E-state index in [2.05, 4.69) is 46.1 Å². The number of aromatic nitrogens is 4. The normalized spacial score (nSPS) is 13.5. The van der Waals surface area contributed by atoms with E-state index in [-0.39, 0.29) is 5.92 Å². The summed E-state index contributed by atoms with van der Waals surface area (Å²) >= 11 is 0. The molecule has 1 unspecified atom stereocenters. The van der Waals surface area contributed by atoms with Crippen LogP contribution in [0, 0.1) is 0 Å². The first-order valence-corrected chi connectivity index (χ1v) is 11.7. The first-order valence-electron chi connectivity index (χ1n) is 11.7. The Bertz CT molecular complexity index is 1380. The summed E-state index contributed by atoms with van der Waals surface area (Å²) in [4.78, 5) is 16.3. The monoisotopic (exact) mass is 474 g/mol. The molecule has 0 radical (unpaired) electrons. The molecule has 0 amide bonds. The van der Waals surface area contributed by atoms with Crippen molar-refractivity contribution in [2.75, 3.05) is 25.6 Å². The van der Waals surface area contributed by atoms with E-state index >= 15 is 0 Å². The molecule has 1 aromatic carbocycles. The first-order chi connectivity index (χ1) is 17.0. The molecule has 0 spiro atoms. The van der Waals surface area contributed by atoms with E-state index in [1.165, 1.54) is 17.0 Å². The number of anilines is 1. The lowest BCUT2D eigenvalue weighted by Gasteiger charge is -2.14. The second kappa shape index (κ2) is 11.1. The Morgan fingerprint density at radius 2 is 2.20 bits per heavy atom. The van der Waals surface area contributed by atoms with Crippen molar-refractivity contribution in [1.29, 1.82) is 0 Å². The number of fused-ring (bicyclic) bond motifs is 2. The van der Waals surface area contributed by atoms with E-state index in [1.807, 2.05) is 42.0 Å². The molecule has 0 bridgehead atoms. The lowest BCUT2D eigenvalue weighted by atomic mass is 10.1. The van der Waals surface area contributed by atoms with Gasteiger partial charge >= 0.3 is 0 Å². The Hall–Kier alpha value is -3.78. The molecule has 0 aliphatic rings. The maximum atomic E-state index is 14.1. The predicted molar refractivity (Wildman–Crippen MR) is 141 cm³/mol. The summed E-state index contributed by atoms with van der Waals surface area (Å²) in [6.45, 7) is 8.61. The summed E-state index contributed by atoms with van der Waals surface area (Å²) in [5.41, 5.74) is 5.47. The lowest BCUT2D eigenvalue weighted by Crippen LogP contribution is -2.10. The zero-order chi connectivity index (χ0) is 24.8. The van der Waals surface area contributed by atoms with Crippen molar-refractivity contribution in [1.82, 2.24) is 19.4 Å². The molecule has 0 saturated heterocycles. The summed E-state index contributed by atoms with van der Waals surface area (Å²) in [6, 6.07) is 8.26. The fourth-order valence-electron chi connectivity index (χ4n) is 4.18. The molecule has 4 aromatic rings. The van der Waals surface area contributed by atoms with Gasteiger partial charge in [0.05, 0.1) is 11.9 Å². The molecule has 35 heavy (non-hydrogen) atoms. The number of aromatic amines is 1. The molecule has 0 saturated carbocycles. The van der Waals surface area contributed by atoms with E-state index in [4.69, 9.17) is 9.72 Å². The van der Waals surface area contributed by atoms with Crippen molar-refractivity contribution in [3.63, 3.8) is 0 Å².